The Kier molecular flexibility index (Phi) is 4.21. The number of aromatic amines is 1. The maximum absolute atomic E-state index is 12.6. The fourth-order valence-electron chi connectivity index (χ4n) is 2.16. The van der Waals surface area contributed by atoms with Crippen LogP contribution in [0.4, 0.5) is 0 Å². The Morgan fingerprint density at radius 2 is 1.82 bits per heavy atom. The fraction of sp³-hybridized carbons (Fsp3) is 0.0588. The first-order chi connectivity index (χ1) is 10.7. The first-order valence-electron chi connectivity index (χ1n) is 6.75. The van der Waals surface area contributed by atoms with Crippen LogP contribution < -0.4 is 4.74 Å². The van der Waals surface area contributed by atoms with Crippen molar-refractivity contribution in [3.05, 3.63) is 83.4 Å². The number of halogens is 1. The summed E-state index contributed by atoms with van der Waals surface area (Å²) >= 11 is 5.91. The van der Waals surface area contributed by atoms with Crippen molar-refractivity contribution in [3.8, 4) is 5.75 Å². The van der Waals surface area contributed by atoms with Gasteiger partial charge in [0.25, 0.3) is 0 Å². The van der Waals surface area contributed by atoms with Crippen molar-refractivity contribution < 1.29 is 9.53 Å². The van der Waals surface area contributed by atoms with Crippen molar-refractivity contribution in [2.24, 2.45) is 0 Å². The Morgan fingerprint density at radius 1 is 1.09 bits per heavy atom. The van der Waals surface area contributed by atoms with Crippen LogP contribution in [-0.4, -0.2) is 15.9 Å². The van der Waals surface area contributed by atoms with Gasteiger partial charge in [-0.2, -0.15) is 0 Å². The third-order valence-corrected chi connectivity index (χ3v) is 3.45. The summed E-state index contributed by atoms with van der Waals surface area (Å²) < 4.78 is 5.45. The van der Waals surface area contributed by atoms with E-state index in [2.05, 4.69) is 9.97 Å². The van der Waals surface area contributed by atoms with E-state index in [1.54, 1.807) is 48.8 Å². The molecule has 0 fully saturated rings. The minimum Gasteiger partial charge on any atom is -0.426 e. The molecule has 0 amide bonds. The van der Waals surface area contributed by atoms with Gasteiger partial charge in [0.2, 0.25) is 0 Å². The summed E-state index contributed by atoms with van der Waals surface area (Å²) in [7, 11) is 0. The van der Waals surface area contributed by atoms with E-state index in [-0.39, 0.29) is 0 Å². The van der Waals surface area contributed by atoms with Crippen LogP contribution in [0.5, 0.6) is 5.75 Å². The number of aromatic nitrogens is 2. The number of carbonyl (C=O) groups excluding carboxylic acids is 1. The molecule has 4 nitrogen and oxygen atoms in total. The topological polar surface area (TPSA) is 55.0 Å². The molecule has 3 aromatic rings. The highest BCUT2D eigenvalue weighted by Crippen LogP contribution is 2.26. The average Bonchev–Trinajstić information content (AvgIpc) is 3.04. The zero-order valence-electron chi connectivity index (χ0n) is 11.6. The summed E-state index contributed by atoms with van der Waals surface area (Å²) in [6.07, 6.45) is 3.28. The molecule has 2 aromatic carbocycles. The first kappa shape index (κ1) is 14.4. The minimum absolute atomic E-state index is 0.400. The Balaban J connectivity index is 1.92. The molecular weight excluding hydrogens is 300 g/mol. The number of nitrogens with one attached hydrogen (secondary N) is 1. The molecule has 1 N–H and O–H groups in total. The molecule has 0 radical (unpaired) electrons. The standard InChI is InChI=1S/C17H13ClN2O2/c18-13-8-6-12(7-9-13)15(16-19-10-11-20-16)17(21)22-14-4-2-1-3-5-14/h1-11,15H,(H,19,20). The second-order valence-corrected chi connectivity index (χ2v) is 5.13. The van der Waals surface area contributed by atoms with Gasteiger partial charge >= 0.3 is 5.97 Å². The van der Waals surface area contributed by atoms with Gasteiger partial charge in [-0.05, 0) is 29.8 Å². The first-order valence-corrected chi connectivity index (χ1v) is 7.13. The maximum Gasteiger partial charge on any atom is 0.326 e. The number of carbonyl (C=O) groups is 1. The van der Waals surface area contributed by atoms with Crippen molar-refractivity contribution >= 4 is 17.6 Å². The molecule has 0 aliphatic heterocycles. The molecule has 0 spiro atoms. The molecule has 110 valence electrons. The molecule has 0 aliphatic carbocycles. The number of hydrogen-bond acceptors (Lipinski definition) is 3. The van der Waals surface area contributed by atoms with E-state index >= 15 is 0 Å². The minimum atomic E-state index is -0.632. The van der Waals surface area contributed by atoms with Gasteiger partial charge in [-0.15, -0.1) is 0 Å². The van der Waals surface area contributed by atoms with E-state index in [4.69, 9.17) is 16.3 Å². The number of esters is 1. The summed E-state index contributed by atoms with van der Waals surface area (Å²) in [4.78, 5) is 19.7. The Labute approximate surface area is 132 Å². The average molecular weight is 313 g/mol. The molecule has 0 bridgehead atoms. The maximum atomic E-state index is 12.6. The molecule has 0 aliphatic rings. The largest absolute Gasteiger partial charge is 0.426 e. The predicted molar refractivity (Wildman–Crippen MR) is 84.0 cm³/mol. The molecule has 0 saturated heterocycles. The van der Waals surface area contributed by atoms with E-state index < -0.39 is 11.9 Å². The number of imidazole rings is 1. The van der Waals surface area contributed by atoms with Crippen LogP contribution in [0.2, 0.25) is 5.02 Å². The van der Waals surface area contributed by atoms with E-state index in [0.717, 1.165) is 5.56 Å². The van der Waals surface area contributed by atoms with Crippen molar-refractivity contribution in [1.29, 1.82) is 0 Å². The zero-order chi connectivity index (χ0) is 15.4. The summed E-state index contributed by atoms with van der Waals surface area (Å²) in [6.45, 7) is 0. The van der Waals surface area contributed by atoms with E-state index in [1.807, 2.05) is 18.2 Å². The Bertz CT molecular complexity index is 740. The quantitative estimate of drug-likeness (QED) is 0.589. The second kappa shape index (κ2) is 6.45. The smallest absolute Gasteiger partial charge is 0.326 e. The predicted octanol–water partition coefficient (Wildman–Crippen LogP) is 3.80. The van der Waals surface area contributed by atoms with Crippen LogP contribution in [0.1, 0.15) is 17.3 Å². The van der Waals surface area contributed by atoms with Crippen LogP contribution in [0.15, 0.2) is 67.0 Å². The molecule has 1 aromatic heterocycles. The van der Waals surface area contributed by atoms with Crippen LogP contribution in [0.3, 0.4) is 0 Å². The number of benzene rings is 2. The number of rotatable bonds is 4. The second-order valence-electron chi connectivity index (χ2n) is 4.69. The van der Waals surface area contributed by atoms with Crippen LogP contribution in [0.25, 0.3) is 0 Å². The molecule has 22 heavy (non-hydrogen) atoms. The highest BCUT2D eigenvalue weighted by Gasteiger charge is 2.27. The SMILES string of the molecule is O=C(Oc1ccccc1)C(c1ccc(Cl)cc1)c1ncc[nH]1. The van der Waals surface area contributed by atoms with E-state index in [9.17, 15) is 4.79 Å². The van der Waals surface area contributed by atoms with Gasteiger partial charge in [0.1, 0.15) is 17.5 Å². The van der Waals surface area contributed by atoms with Crippen molar-refractivity contribution in [1.82, 2.24) is 9.97 Å². The Morgan fingerprint density at radius 3 is 2.45 bits per heavy atom. The van der Waals surface area contributed by atoms with Crippen LogP contribution in [0, 0.1) is 0 Å². The highest BCUT2D eigenvalue weighted by atomic mass is 35.5. The third kappa shape index (κ3) is 3.18. The number of para-hydroxylation sites is 1. The normalized spacial score (nSPS) is 11.9. The number of nitrogens with zero attached hydrogens (tertiary/aromatic N) is 1. The van der Waals surface area contributed by atoms with Gasteiger partial charge in [-0.1, -0.05) is 41.9 Å². The summed E-state index contributed by atoms with van der Waals surface area (Å²) in [5.74, 6) is -0.00258. The van der Waals surface area contributed by atoms with Gasteiger partial charge in [0.15, 0.2) is 0 Å². The lowest BCUT2D eigenvalue weighted by atomic mass is 9.98. The van der Waals surface area contributed by atoms with Gasteiger partial charge in [0, 0.05) is 17.4 Å². The van der Waals surface area contributed by atoms with Crippen molar-refractivity contribution in [2.75, 3.05) is 0 Å². The lowest BCUT2D eigenvalue weighted by Crippen LogP contribution is -2.21. The molecule has 3 rings (SSSR count). The van der Waals surface area contributed by atoms with Gasteiger partial charge in [0.05, 0.1) is 0 Å². The lowest BCUT2D eigenvalue weighted by molar-refractivity contribution is -0.135. The lowest BCUT2D eigenvalue weighted by Gasteiger charge is -2.14. The van der Waals surface area contributed by atoms with Crippen molar-refractivity contribution in [2.45, 2.75) is 5.92 Å². The van der Waals surface area contributed by atoms with Gasteiger partial charge in [-0.25, -0.2) is 4.98 Å². The monoisotopic (exact) mass is 312 g/mol. The fourth-order valence-corrected chi connectivity index (χ4v) is 2.29. The molecular formula is C17H13ClN2O2. The van der Waals surface area contributed by atoms with Gasteiger partial charge in [-0.3, -0.25) is 4.79 Å². The molecule has 5 heteroatoms. The number of hydrogen-bond donors (Lipinski definition) is 1. The number of H-pyrrole nitrogens is 1. The van der Waals surface area contributed by atoms with E-state index in [0.29, 0.717) is 16.6 Å². The molecule has 1 unspecified atom stereocenters. The highest BCUT2D eigenvalue weighted by molar-refractivity contribution is 6.30. The van der Waals surface area contributed by atoms with E-state index in [1.165, 1.54) is 0 Å². The van der Waals surface area contributed by atoms with Crippen molar-refractivity contribution in [3.63, 3.8) is 0 Å². The molecule has 0 saturated carbocycles. The van der Waals surface area contributed by atoms with Crippen LogP contribution >= 0.6 is 11.6 Å². The summed E-state index contributed by atoms with van der Waals surface area (Å²) in [5, 5.41) is 0.610. The summed E-state index contributed by atoms with van der Waals surface area (Å²) in [5.41, 5.74) is 0.764. The third-order valence-electron chi connectivity index (χ3n) is 3.19. The number of ether oxygens (including phenoxy) is 1. The van der Waals surface area contributed by atoms with Crippen LogP contribution in [-0.2, 0) is 4.79 Å². The zero-order valence-corrected chi connectivity index (χ0v) is 12.3. The molecule has 1 heterocycles. The van der Waals surface area contributed by atoms with Gasteiger partial charge < -0.3 is 9.72 Å². The Hall–Kier alpha value is -2.59. The molecule has 1 atom stereocenters. The summed E-state index contributed by atoms with van der Waals surface area (Å²) in [6, 6.07) is 16.0.